The number of halogens is 6. The van der Waals surface area contributed by atoms with Crippen molar-refractivity contribution in [2.45, 2.75) is 128 Å². The summed E-state index contributed by atoms with van der Waals surface area (Å²) >= 11 is 0. The SMILES string of the molecule is CC(C)(C)c1nc(-c2ccc(F)c(NC(=O)Nc3ccc(F)cc3F)c2)c(-c2ccncc2)[nH]1.CC(C)(C)c1nc(-c2ccc(F)c(NC(=O)Nc3ccc(S(C)(=O)=O)cc3)c2)c(-c2ccncc2)[nH]1.CCS(=O)(=O)c1ccc(NC(=O)Nc2cc(-c3nc(C(C)(C)C)[nH]c3-c3ccncc3)ccc2F)cc1.Cc1cccc(NC(=O)Nc2cc(-c3nc(C(C)(C)C)[nH]c3-c3ccncc3)ccc2F)c1. The van der Waals surface area contributed by atoms with Crippen LogP contribution < -0.4 is 42.5 Å². The molecule has 8 heterocycles. The molecular weight excluding hydrogens is 1840 g/mol. The van der Waals surface area contributed by atoms with E-state index < -0.39 is 78.7 Å². The van der Waals surface area contributed by atoms with Gasteiger partial charge in [-0.15, -0.1) is 0 Å². The van der Waals surface area contributed by atoms with Gasteiger partial charge in [0.15, 0.2) is 19.7 Å². The Hall–Kier alpha value is -16.2. The Morgan fingerprint density at radius 2 is 0.579 bits per heavy atom. The lowest BCUT2D eigenvalue weighted by molar-refractivity contribution is 0.261. The number of sulfone groups is 2. The number of aromatic amines is 4. The van der Waals surface area contributed by atoms with Crippen LogP contribution in [0.2, 0.25) is 0 Å². The van der Waals surface area contributed by atoms with Gasteiger partial charge in [-0.3, -0.25) is 19.9 Å². The molecule has 8 aromatic heterocycles. The van der Waals surface area contributed by atoms with Crippen LogP contribution in [0.5, 0.6) is 0 Å². The van der Waals surface area contributed by atoms with Gasteiger partial charge in [0.05, 0.1) is 89.5 Å². The zero-order valence-electron chi connectivity index (χ0n) is 79.0. The molecule has 12 N–H and O–H groups in total. The molecule has 0 atom stereocenters. The molecule has 0 fully saturated rings. The number of aromatic nitrogens is 12. The van der Waals surface area contributed by atoms with Gasteiger partial charge in [-0.05, 0) is 207 Å². The number of benzene rings is 8. The zero-order chi connectivity index (χ0) is 101. The van der Waals surface area contributed by atoms with Crippen molar-refractivity contribution in [3.8, 4) is 90.1 Å². The van der Waals surface area contributed by atoms with Crippen LogP contribution in [0.4, 0.5) is 91.0 Å². The van der Waals surface area contributed by atoms with Crippen LogP contribution in [-0.4, -0.2) is 113 Å². The molecule has 0 aliphatic heterocycles. The standard InChI is InChI=1S/C27H28FN5O3S.C26H26FN5O3S.C26H26FN5O.C25H22F3N5O/c1-5-37(35,36)20-9-7-19(8-10-20)30-26(34)31-22-16-18(6-11-21(22)28)24-23(17-12-14-29-15-13-17)32-25(33-24)27(2,3)4;1-26(2,3)24-31-22(16-11-13-28-14-12-16)23(32-24)17-5-10-20(27)21(15-17)30-25(33)29-18-6-8-19(9-7-18)36(4,34)35;1-16-6-5-7-19(14-16)29-25(33)30-21-15-18(8-9-20(21)27)23-22(17-10-12-28-13-11-17)31-24(32-23)26(2,3)4;1-25(2,3)23-32-21(14-8-10-29-11-9-14)22(33-23)15-4-6-17(27)20(12-15)31-24(34)30-19-7-5-16(26)13-18(19)28/h6-16H,5H2,1-4H3,(H,32,33)(H2,30,31,34);5-15H,1-4H3,(H,31,32)(H2,29,30,33);5-15H,1-4H3,(H,31,32)(H2,29,30,33);4-13H,1-3H3,(H,32,33)(H2,30,31,34). The van der Waals surface area contributed by atoms with Gasteiger partial charge < -0.3 is 62.5 Å². The van der Waals surface area contributed by atoms with Crippen LogP contribution in [0, 0.1) is 41.8 Å². The van der Waals surface area contributed by atoms with Crippen molar-refractivity contribution in [3.63, 3.8) is 0 Å². The summed E-state index contributed by atoms with van der Waals surface area (Å²) in [4.78, 5) is 99.3. The lowest BCUT2D eigenvalue weighted by Gasteiger charge is -2.14. The van der Waals surface area contributed by atoms with Crippen molar-refractivity contribution in [1.29, 1.82) is 0 Å². The van der Waals surface area contributed by atoms with E-state index in [1.807, 2.05) is 136 Å². The molecule has 0 radical (unpaired) electrons. The number of hydrogen-bond acceptors (Lipinski definition) is 16. The number of hydrogen-bond donors (Lipinski definition) is 12. The fraction of sp³-hybridized carbons (Fsp3) is 0.192. The summed E-state index contributed by atoms with van der Waals surface area (Å²) in [7, 11) is -6.70. The Morgan fingerprint density at radius 1 is 0.300 bits per heavy atom. The molecule has 8 aromatic carbocycles. The molecule has 16 aromatic rings. The van der Waals surface area contributed by atoms with Gasteiger partial charge in [-0.2, -0.15) is 0 Å². The van der Waals surface area contributed by atoms with Gasteiger partial charge in [-0.25, -0.2) is 82.3 Å². The Kier molecular flexibility index (Phi) is 30.8. The lowest BCUT2D eigenvalue weighted by Crippen LogP contribution is -2.21. The van der Waals surface area contributed by atoms with E-state index in [0.717, 1.165) is 92.3 Å². The highest BCUT2D eigenvalue weighted by Crippen LogP contribution is 2.41. The molecule has 0 saturated carbocycles. The second-order valence-electron chi connectivity index (χ2n) is 36.5. The number of carbonyl (C=O) groups excluding carboxylic acids is 4. The van der Waals surface area contributed by atoms with Gasteiger partial charge in [-0.1, -0.05) is 102 Å². The van der Waals surface area contributed by atoms with Crippen molar-refractivity contribution >= 4 is 89.3 Å². The number of carbonyl (C=O) groups is 4. The minimum absolute atomic E-state index is 0.0218. The summed E-state index contributed by atoms with van der Waals surface area (Å²) in [6.45, 7) is 28.0. The molecule has 140 heavy (non-hydrogen) atoms. The van der Waals surface area contributed by atoms with Crippen molar-refractivity contribution < 1.29 is 62.4 Å². The molecule has 0 aliphatic carbocycles. The minimum Gasteiger partial charge on any atom is -0.341 e. The van der Waals surface area contributed by atoms with Crippen LogP contribution >= 0.6 is 0 Å². The molecule has 0 aliphatic rings. The monoisotopic (exact) mass is 1940 g/mol. The number of anilines is 8. The van der Waals surface area contributed by atoms with E-state index >= 15 is 0 Å². The number of aryl methyl sites for hydroxylation is 1. The first-order valence-corrected chi connectivity index (χ1v) is 47.5. The number of nitrogens with one attached hydrogen (secondary N) is 12. The van der Waals surface area contributed by atoms with Crippen LogP contribution in [0.1, 0.15) is 119 Å². The number of H-pyrrole nitrogens is 4. The summed E-state index contributed by atoms with van der Waals surface area (Å²) < 4.78 is 133. The van der Waals surface area contributed by atoms with Crippen molar-refractivity contribution in [2.75, 3.05) is 54.5 Å². The highest BCUT2D eigenvalue weighted by atomic mass is 32.2. The summed E-state index contributed by atoms with van der Waals surface area (Å²) in [5, 5.41) is 20.2. The number of imidazole rings is 4. The molecule has 36 heteroatoms. The molecule has 0 saturated heterocycles. The second-order valence-corrected chi connectivity index (χ2v) is 40.8. The van der Waals surface area contributed by atoms with Gasteiger partial charge in [0.1, 0.15) is 58.2 Å². The van der Waals surface area contributed by atoms with Crippen LogP contribution in [-0.2, 0) is 41.3 Å². The summed E-state index contributed by atoms with van der Waals surface area (Å²) in [5.74, 6) is -1.12. The Bertz CT molecular complexity index is 7430. The Labute approximate surface area is 805 Å². The third-order valence-corrected chi connectivity index (χ3v) is 24.2. The fourth-order valence-electron chi connectivity index (χ4n) is 13.9. The molecule has 16 rings (SSSR count). The number of rotatable bonds is 19. The van der Waals surface area contributed by atoms with Crippen LogP contribution in [0.25, 0.3) is 90.1 Å². The number of pyridine rings is 4. The predicted octanol–water partition coefficient (Wildman–Crippen LogP) is 24.7. The molecule has 28 nitrogen and oxygen atoms in total. The lowest BCUT2D eigenvalue weighted by atomic mass is 9.96. The minimum atomic E-state index is -3.35. The van der Waals surface area contributed by atoms with E-state index in [1.165, 1.54) is 91.0 Å². The first-order chi connectivity index (χ1) is 66.2. The fourth-order valence-corrected chi connectivity index (χ4v) is 15.4. The maximum absolute atomic E-state index is 14.7. The number of urea groups is 4. The molecule has 0 bridgehead atoms. The highest BCUT2D eigenvalue weighted by molar-refractivity contribution is 7.91. The largest absolute Gasteiger partial charge is 0.341 e. The third kappa shape index (κ3) is 25.9. The smallest absolute Gasteiger partial charge is 0.323 e. The first kappa shape index (κ1) is 101. The van der Waals surface area contributed by atoms with Gasteiger partial charge >= 0.3 is 24.1 Å². The Balaban J connectivity index is 0.000000157. The normalized spacial score (nSPS) is 11.6. The van der Waals surface area contributed by atoms with Crippen LogP contribution in [0.15, 0.2) is 272 Å². The third-order valence-electron chi connectivity index (χ3n) is 21.3. The average Bonchev–Trinajstić information content (AvgIpc) is 1.65. The van der Waals surface area contributed by atoms with Crippen molar-refractivity contribution in [2.24, 2.45) is 0 Å². The quantitative estimate of drug-likeness (QED) is 0.0335. The molecule has 0 spiro atoms. The van der Waals surface area contributed by atoms with Gasteiger partial charge in [0, 0.05) is 145 Å². The van der Waals surface area contributed by atoms with Crippen molar-refractivity contribution in [3.05, 3.63) is 326 Å². The van der Waals surface area contributed by atoms with E-state index in [0.29, 0.717) is 68.2 Å². The summed E-state index contributed by atoms with van der Waals surface area (Å²) in [6.07, 6.45) is 14.6. The summed E-state index contributed by atoms with van der Waals surface area (Å²) in [6, 6.07) is 51.3. The van der Waals surface area contributed by atoms with Gasteiger partial charge in [0.25, 0.3) is 0 Å². The molecule has 720 valence electrons. The van der Waals surface area contributed by atoms with Crippen LogP contribution in [0.3, 0.4) is 0 Å². The predicted molar refractivity (Wildman–Crippen MR) is 535 cm³/mol. The maximum Gasteiger partial charge on any atom is 0.323 e. The Morgan fingerprint density at radius 3 is 0.850 bits per heavy atom. The number of nitrogens with zero attached hydrogens (tertiary/aromatic N) is 8. The topological polar surface area (TPSA) is 399 Å². The first-order valence-electron chi connectivity index (χ1n) is 43.9. The highest BCUT2D eigenvalue weighted by Gasteiger charge is 2.30. The van der Waals surface area contributed by atoms with Crippen molar-refractivity contribution in [1.82, 2.24) is 59.8 Å². The van der Waals surface area contributed by atoms with E-state index in [-0.39, 0.29) is 65.6 Å². The zero-order valence-corrected chi connectivity index (χ0v) is 80.6. The van der Waals surface area contributed by atoms with E-state index in [1.54, 1.807) is 92.9 Å². The van der Waals surface area contributed by atoms with Gasteiger partial charge in [0.2, 0.25) is 0 Å². The molecular formula is C104H102F6N20O8S2. The molecule has 8 amide bonds. The average molecular weight is 1940 g/mol. The molecule has 0 unspecified atom stereocenters. The van der Waals surface area contributed by atoms with E-state index in [2.05, 4.69) is 103 Å². The van der Waals surface area contributed by atoms with E-state index in [9.17, 15) is 62.4 Å². The second kappa shape index (κ2) is 42.6. The number of amides is 8. The van der Waals surface area contributed by atoms with E-state index in [4.69, 9.17) is 19.9 Å². The maximum atomic E-state index is 14.7. The summed E-state index contributed by atoms with van der Waals surface area (Å²) in [5.41, 5.74) is 12.5.